The molecule has 0 unspecified atom stereocenters. The summed E-state index contributed by atoms with van der Waals surface area (Å²) in [5, 5.41) is 30.2. The number of anilines is 1. The Morgan fingerprint density at radius 3 is 2.18 bits per heavy atom. The number of aryl methyl sites for hydroxylation is 1. The van der Waals surface area contributed by atoms with E-state index in [0.717, 1.165) is 23.4 Å². The number of nitro benzene ring substituents is 2. The fourth-order valence-corrected chi connectivity index (χ4v) is 4.54. The number of nitrogens with zero attached hydrogens (tertiary/aromatic N) is 6. The number of non-ortho nitro benzene ring substituents is 1. The minimum Gasteiger partial charge on any atom is -0.372 e. The van der Waals surface area contributed by atoms with Crippen LogP contribution < -0.4 is 4.90 Å². The number of hydrogen-bond acceptors (Lipinski definition) is 9. The average Bonchev–Trinajstić information content (AvgIpc) is 3.15. The number of rotatable bonds is 10. The van der Waals surface area contributed by atoms with E-state index in [1.807, 2.05) is 19.1 Å². The van der Waals surface area contributed by atoms with Crippen molar-refractivity contribution in [1.82, 2.24) is 4.90 Å². The number of benzene rings is 3. The van der Waals surface area contributed by atoms with E-state index in [1.54, 1.807) is 37.3 Å². The molecule has 0 atom stereocenters. The van der Waals surface area contributed by atoms with Gasteiger partial charge in [0, 0.05) is 31.4 Å². The van der Waals surface area contributed by atoms with Crippen LogP contribution in [0.2, 0.25) is 5.02 Å². The van der Waals surface area contributed by atoms with Crippen molar-refractivity contribution in [2.45, 2.75) is 20.3 Å². The van der Waals surface area contributed by atoms with Crippen LogP contribution in [0.15, 0.2) is 64.8 Å². The van der Waals surface area contributed by atoms with Gasteiger partial charge in [0.15, 0.2) is 5.69 Å². The fourth-order valence-electron chi connectivity index (χ4n) is 4.30. The van der Waals surface area contributed by atoms with Crippen LogP contribution in [0, 0.1) is 27.2 Å². The Balaban J connectivity index is 1.46. The van der Waals surface area contributed by atoms with Crippen LogP contribution in [0.1, 0.15) is 39.6 Å². The van der Waals surface area contributed by atoms with Crippen molar-refractivity contribution in [3.8, 4) is 0 Å². The summed E-state index contributed by atoms with van der Waals surface area (Å²) in [6, 6.07) is 14.0. The van der Waals surface area contributed by atoms with E-state index in [2.05, 4.69) is 15.1 Å². The van der Waals surface area contributed by atoms with E-state index < -0.39 is 21.2 Å². The van der Waals surface area contributed by atoms with Gasteiger partial charge in [-0.3, -0.25) is 34.7 Å². The molecule has 1 heterocycles. The molecule has 200 valence electrons. The second-order valence-corrected chi connectivity index (χ2v) is 9.13. The standard InChI is InChI=1S/C26H23ClN6O6/c1-3-30(11-6-12-31-25(34)19-7-4-5-8-20(19)26(31)35)17-9-10-22(16(2)13-17)28-29-24-21(27)14-18(32(36)37)15-23(24)33(38)39/h4-5,7-10,13-15H,3,6,11-12H2,1-2H3/b29-28+. The van der Waals surface area contributed by atoms with Crippen molar-refractivity contribution in [2.75, 3.05) is 24.5 Å². The first-order valence-electron chi connectivity index (χ1n) is 12.0. The Labute approximate surface area is 227 Å². The molecule has 0 saturated carbocycles. The Bertz CT molecular complexity index is 1490. The molecule has 4 rings (SSSR count). The summed E-state index contributed by atoms with van der Waals surface area (Å²) in [5.74, 6) is -0.560. The molecule has 3 aromatic carbocycles. The monoisotopic (exact) mass is 550 g/mol. The van der Waals surface area contributed by atoms with Gasteiger partial charge in [-0.15, -0.1) is 10.2 Å². The van der Waals surface area contributed by atoms with Gasteiger partial charge < -0.3 is 4.90 Å². The number of imide groups is 1. The smallest absolute Gasteiger partial charge is 0.305 e. The van der Waals surface area contributed by atoms with Gasteiger partial charge in [0.2, 0.25) is 0 Å². The Kier molecular flexibility index (Phi) is 7.96. The van der Waals surface area contributed by atoms with Crippen molar-refractivity contribution in [2.24, 2.45) is 10.2 Å². The summed E-state index contributed by atoms with van der Waals surface area (Å²) in [4.78, 5) is 49.4. The maximum absolute atomic E-state index is 12.6. The molecule has 0 bridgehead atoms. The molecule has 12 nitrogen and oxygen atoms in total. The van der Waals surface area contributed by atoms with Crippen molar-refractivity contribution >= 4 is 51.9 Å². The van der Waals surface area contributed by atoms with Crippen molar-refractivity contribution in [1.29, 1.82) is 0 Å². The van der Waals surface area contributed by atoms with E-state index in [0.29, 0.717) is 42.9 Å². The van der Waals surface area contributed by atoms with E-state index in [4.69, 9.17) is 11.6 Å². The Morgan fingerprint density at radius 2 is 1.62 bits per heavy atom. The number of carbonyl (C=O) groups is 2. The first kappa shape index (κ1) is 27.3. The van der Waals surface area contributed by atoms with Crippen LogP contribution in [0.25, 0.3) is 0 Å². The van der Waals surface area contributed by atoms with E-state index in [-0.39, 0.29) is 22.5 Å². The predicted molar refractivity (Wildman–Crippen MR) is 144 cm³/mol. The molecular weight excluding hydrogens is 528 g/mol. The second-order valence-electron chi connectivity index (χ2n) is 8.72. The molecule has 0 aromatic heterocycles. The first-order valence-corrected chi connectivity index (χ1v) is 12.3. The highest BCUT2D eigenvalue weighted by molar-refractivity contribution is 6.33. The van der Waals surface area contributed by atoms with E-state index >= 15 is 0 Å². The molecule has 2 amide bonds. The van der Waals surface area contributed by atoms with Gasteiger partial charge >= 0.3 is 5.69 Å². The number of hydrogen-bond donors (Lipinski definition) is 0. The minimum atomic E-state index is -0.801. The largest absolute Gasteiger partial charge is 0.372 e. The van der Waals surface area contributed by atoms with E-state index in [1.165, 1.54) is 4.90 Å². The highest BCUT2D eigenvalue weighted by Gasteiger charge is 2.34. The lowest BCUT2D eigenvalue weighted by Crippen LogP contribution is -2.33. The topological polar surface area (TPSA) is 152 Å². The minimum absolute atomic E-state index is 0.260. The van der Waals surface area contributed by atoms with Gasteiger partial charge in [-0.2, -0.15) is 0 Å². The van der Waals surface area contributed by atoms with Crippen LogP contribution in [0.4, 0.5) is 28.4 Å². The molecule has 0 radical (unpaired) electrons. The Morgan fingerprint density at radius 1 is 0.949 bits per heavy atom. The van der Waals surface area contributed by atoms with Gasteiger partial charge in [-0.1, -0.05) is 23.7 Å². The third kappa shape index (κ3) is 5.60. The summed E-state index contributed by atoms with van der Waals surface area (Å²) in [5.41, 5.74) is 1.48. The fraction of sp³-hybridized carbons (Fsp3) is 0.231. The third-order valence-electron chi connectivity index (χ3n) is 6.31. The maximum Gasteiger partial charge on any atom is 0.305 e. The highest BCUT2D eigenvalue weighted by atomic mass is 35.5. The van der Waals surface area contributed by atoms with Crippen LogP contribution in [0.5, 0.6) is 0 Å². The highest BCUT2D eigenvalue weighted by Crippen LogP contribution is 2.40. The number of amides is 2. The van der Waals surface area contributed by atoms with Crippen molar-refractivity contribution in [3.63, 3.8) is 0 Å². The number of carbonyl (C=O) groups excluding carboxylic acids is 2. The summed E-state index contributed by atoms with van der Waals surface area (Å²) < 4.78 is 0. The maximum atomic E-state index is 12.6. The molecule has 0 aliphatic carbocycles. The summed E-state index contributed by atoms with van der Waals surface area (Å²) in [7, 11) is 0. The lowest BCUT2D eigenvalue weighted by molar-refractivity contribution is -0.393. The zero-order valence-corrected chi connectivity index (χ0v) is 21.8. The SMILES string of the molecule is CCN(CCCN1C(=O)c2ccccc2C1=O)c1ccc(/N=N/c2c(Cl)cc([N+](=O)[O-])cc2[N+](=O)[O-])c(C)c1. The molecule has 1 aliphatic heterocycles. The van der Waals surface area contributed by atoms with Gasteiger partial charge in [0.1, 0.15) is 0 Å². The summed E-state index contributed by atoms with van der Waals surface area (Å²) >= 11 is 6.04. The molecule has 0 fully saturated rings. The first-order chi connectivity index (χ1) is 18.6. The molecule has 39 heavy (non-hydrogen) atoms. The zero-order valence-electron chi connectivity index (χ0n) is 21.0. The lowest BCUT2D eigenvalue weighted by Gasteiger charge is -2.25. The van der Waals surface area contributed by atoms with Crippen LogP contribution in [-0.4, -0.2) is 46.2 Å². The lowest BCUT2D eigenvalue weighted by atomic mass is 10.1. The Hall–Kier alpha value is -4.71. The van der Waals surface area contributed by atoms with Gasteiger partial charge in [0.05, 0.1) is 37.7 Å². The predicted octanol–water partition coefficient (Wildman–Crippen LogP) is 6.39. The van der Waals surface area contributed by atoms with Crippen molar-refractivity contribution < 1.29 is 19.4 Å². The number of fused-ring (bicyclic) bond motifs is 1. The van der Waals surface area contributed by atoms with Gasteiger partial charge in [-0.05, 0) is 56.2 Å². The van der Waals surface area contributed by atoms with E-state index in [9.17, 15) is 29.8 Å². The number of azo groups is 1. The normalized spacial score (nSPS) is 12.7. The van der Waals surface area contributed by atoms with Crippen LogP contribution >= 0.6 is 11.6 Å². The third-order valence-corrected chi connectivity index (χ3v) is 6.60. The molecule has 3 aromatic rings. The van der Waals surface area contributed by atoms with Crippen molar-refractivity contribution in [3.05, 3.63) is 96.5 Å². The number of halogens is 1. The average molecular weight is 551 g/mol. The summed E-state index contributed by atoms with van der Waals surface area (Å²) in [6.07, 6.45) is 0.572. The molecule has 0 N–H and O–H groups in total. The van der Waals surface area contributed by atoms with Crippen LogP contribution in [-0.2, 0) is 0 Å². The van der Waals surface area contributed by atoms with Gasteiger partial charge in [-0.25, -0.2) is 0 Å². The quantitative estimate of drug-likeness (QED) is 0.123. The van der Waals surface area contributed by atoms with Crippen LogP contribution in [0.3, 0.4) is 0 Å². The second kappa shape index (κ2) is 11.4. The zero-order chi connectivity index (χ0) is 28.3. The molecule has 1 aliphatic rings. The molecule has 13 heteroatoms. The summed E-state index contributed by atoms with van der Waals surface area (Å²) in [6.45, 7) is 5.35. The van der Waals surface area contributed by atoms with Gasteiger partial charge in [0.25, 0.3) is 17.5 Å². The molecule has 0 saturated heterocycles. The molecular formula is C26H23ClN6O6. The number of nitro groups is 2. The molecule has 0 spiro atoms.